The van der Waals surface area contributed by atoms with E-state index in [0.29, 0.717) is 0 Å². The number of halogens is 2. The third kappa shape index (κ3) is 1.88. The van der Waals surface area contributed by atoms with E-state index in [-0.39, 0.29) is 0 Å². The van der Waals surface area contributed by atoms with Gasteiger partial charge in [-0.25, -0.2) is 0 Å². The maximum absolute atomic E-state index is 6.21. The van der Waals surface area contributed by atoms with Crippen LogP contribution >= 0.6 is 27.5 Å². The Morgan fingerprint density at radius 1 is 1.40 bits per heavy atom. The summed E-state index contributed by atoms with van der Waals surface area (Å²) in [6, 6.07) is 5.95. The van der Waals surface area contributed by atoms with Crippen LogP contribution in [-0.2, 0) is 6.42 Å². The number of aromatic nitrogens is 1. The Hall–Kier alpha value is -0.600. The zero-order valence-corrected chi connectivity index (χ0v) is 11.0. The quantitative estimate of drug-likeness (QED) is 0.750. The molecule has 0 saturated heterocycles. The van der Waals surface area contributed by atoms with Gasteiger partial charge in [0.1, 0.15) is 0 Å². The van der Waals surface area contributed by atoms with E-state index in [1.807, 2.05) is 18.2 Å². The highest BCUT2D eigenvalue weighted by Crippen LogP contribution is 2.29. The normalized spacial score (nSPS) is 10.9. The van der Waals surface area contributed by atoms with Gasteiger partial charge in [-0.05, 0) is 31.0 Å². The summed E-state index contributed by atoms with van der Waals surface area (Å²) in [6.07, 6.45) is 0.904. The lowest BCUT2D eigenvalue weighted by Crippen LogP contribution is -1.91. The van der Waals surface area contributed by atoms with Gasteiger partial charge in [0.25, 0.3) is 0 Å². The van der Waals surface area contributed by atoms with Gasteiger partial charge in [-0.15, -0.1) is 0 Å². The third-order valence-electron chi connectivity index (χ3n) is 2.53. The van der Waals surface area contributed by atoms with Crippen molar-refractivity contribution in [3.63, 3.8) is 0 Å². The van der Waals surface area contributed by atoms with E-state index < -0.39 is 0 Å². The van der Waals surface area contributed by atoms with Crippen molar-refractivity contribution in [2.75, 3.05) is 0 Å². The van der Waals surface area contributed by atoms with Crippen LogP contribution in [0.1, 0.15) is 18.2 Å². The summed E-state index contributed by atoms with van der Waals surface area (Å²) < 4.78 is 1.08. The van der Waals surface area contributed by atoms with Gasteiger partial charge in [-0.3, -0.25) is 4.98 Å². The van der Waals surface area contributed by atoms with Gasteiger partial charge in [0.15, 0.2) is 0 Å². The first-order chi connectivity index (χ1) is 7.13. The number of hydrogen-bond acceptors (Lipinski definition) is 1. The summed E-state index contributed by atoms with van der Waals surface area (Å²) in [5.74, 6) is 0. The molecule has 0 spiro atoms. The minimum Gasteiger partial charge on any atom is -0.252 e. The Kier molecular flexibility index (Phi) is 2.98. The van der Waals surface area contributed by atoms with Crippen molar-refractivity contribution in [1.82, 2.24) is 4.98 Å². The van der Waals surface area contributed by atoms with Crippen molar-refractivity contribution in [3.05, 3.63) is 39.0 Å². The Bertz CT molecular complexity index is 523. The maximum atomic E-state index is 6.21. The molecule has 0 unspecified atom stereocenters. The van der Waals surface area contributed by atoms with Crippen LogP contribution in [0.25, 0.3) is 10.9 Å². The number of benzene rings is 1. The fourth-order valence-corrected chi connectivity index (χ4v) is 2.19. The average Bonchev–Trinajstić information content (AvgIpc) is 2.23. The van der Waals surface area contributed by atoms with Gasteiger partial charge < -0.3 is 0 Å². The molecule has 0 N–H and O–H groups in total. The lowest BCUT2D eigenvalue weighted by atomic mass is 10.1. The smallest absolute Gasteiger partial charge is 0.0760 e. The molecular formula is C12H11BrClN. The predicted octanol–water partition coefficient (Wildman–Crippen LogP) is 4.52. The number of pyridine rings is 1. The van der Waals surface area contributed by atoms with Crippen LogP contribution in [0.4, 0.5) is 0 Å². The number of hydrogen-bond donors (Lipinski definition) is 0. The van der Waals surface area contributed by atoms with E-state index in [1.165, 1.54) is 0 Å². The highest BCUT2D eigenvalue weighted by Gasteiger charge is 2.07. The molecule has 0 aliphatic heterocycles. The summed E-state index contributed by atoms with van der Waals surface area (Å²) in [4.78, 5) is 4.60. The van der Waals surface area contributed by atoms with E-state index in [4.69, 9.17) is 11.6 Å². The molecule has 0 saturated carbocycles. The number of aryl methyl sites for hydroxylation is 2. The van der Waals surface area contributed by atoms with Gasteiger partial charge in [0.2, 0.25) is 0 Å². The first-order valence-corrected chi connectivity index (χ1v) is 6.04. The molecule has 2 aromatic rings. The molecule has 78 valence electrons. The molecule has 0 bridgehead atoms. The van der Waals surface area contributed by atoms with E-state index in [2.05, 4.69) is 34.8 Å². The zero-order valence-electron chi connectivity index (χ0n) is 8.64. The van der Waals surface area contributed by atoms with Crippen molar-refractivity contribution in [3.8, 4) is 0 Å². The Balaban J connectivity index is 2.86. The molecule has 15 heavy (non-hydrogen) atoms. The van der Waals surface area contributed by atoms with E-state index in [9.17, 15) is 0 Å². The molecule has 2 rings (SSSR count). The number of rotatable bonds is 1. The lowest BCUT2D eigenvalue weighted by Gasteiger charge is -2.07. The second-order valence-corrected chi connectivity index (χ2v) is 4.78. The van der Waals surface area contributed by atoms with Crippen molar-refractivity contribution in [1.29, 1.82) is 0 Å². The highest BCUT2D eigenvalue weighted by molar-refractivity contribution is 9.10. The van der Waals surface area contributed by atoms with E-state index >= 15 is 0 Å². The van der Waals surface area contributed by atoms with Crippen LogP contribution in [0.2, 0.25) is 5.02 Å². The average molecular weight is 285 g/mol. The van der Waals surface area contributed by atoms with Gasteiger partial charge in [0.05, 0.1) is 10.5 Å². The summed E-state index contributed by atoms with van der Waals surface area (Å²) in [5, 5.41) is 1.81. The van der Waals surface area contributed by atoms with Crippen LogP contribution < -0.4 is 0 Å². The molecule has 0 aliphatic carbocycles. The first kappa shape index (κ1) is 10.9. The minimum absolute atomic E-state index is 0.785. The topological polar surface area (TPSA) is 12.9 Å². The predicted molar refractivity (Wildman–Crippen MR) is 68.6 cm³/mol. The summed E-state index contributed by atoms with van der Waals surface area (Å²) in [7, 11) is 0. The summed E-state index contributed by atoms with van der Waals surface area (Å²) in [6.45, 7) is 4.13. The van der Waals surface area contributed by atoms with Crippen LogP contribution in [0.3, 0.4) is 0 Å². The molecule has 1 nitrogen and oxygen atoms in total. The zero-order chi connectivity index (χ0) is 11.0. The molecule has 0 amide bonds. The molecule has 1 aromatic heterocycles. The van der Waals surface area contributed by atoms with E-state index in [0.717, 1.165) is 38.1 Å². The maximum Gasteiger partial charge on any atom is 0.0760 e. The third-order valence-corrected chi connectivity index (χ3v) is 3.70. The van der Waals surface area contributed by atoms with Gasteiger partial charge in [0, 0.05) is 15.6 Å². The van der Waals surface area contributed by atoms with Crippen molar-refractivity contribution in [2.45, 2.75) is 20.3 Å². The summed E-state index contributed by atoms with van der Waals surface area (Å²) >= 11 is 9.71. The minimum atomic E-state index is 0.785. The van der Waals surface area contributed by atoms with Crippen LogP contribution in [-0.4, -0.2) is 4.98 Å². The van der Waals surface area contributed by atoms with Crippen molar-refractivity contribution >= 4 is 38.4 Å². The van der Waals surface area contributed by atoms with Crippen LogP contribution in [0, 0.1) is 6.92 Å². The van der Waals surface area contributed by atoms with Crippen molar-refractivity contribution in [2.24, 2.45) is 0 Å². The molecule has 0 fully saturated rings. The van der Waals surface area contributed by atoms with Gasteiger partial charge in [-0.1, -0.05) is 40.5 Å². The summed E-state index contributed by atoms with van der Waals surface area (Å²) in [5.41, 5.74) is 3.17. The highest BCUT2D eigenvalue weighted by atomic mass is 79.9. The fourth-order valence-electron chi connectivity index (χ4n) is 1.59. The second-order valence-electron chi connectivity index (χ2n) is 3.52. The van der Waals surface area contributed by atoms with Crippen LogP contribution in [0.15, 0.2) is 22.7 Å². The standard InChI is InChI=1S/C12H11BrClN/c1-3-8-6-11(14)9-4-5-10(13)7(2)12(9)15-8/h4-6H,3H2,1-2H3. The molecule has 0 atom stereocenters. The number of nitrogens with zero attached hydrogens (tertiary/aromatic N) is 1. The Morgan fingerprint density at radius 3 is 2.80 bits per heavy atom. The SMILES string of the molecule is CCc1cc(Cl)c2ccc(Br)c(C)c2n1. The molecule has 3 heteroatoms. The van der Waals surface area contributed by atoms with Crippen molar-refractivity contribution < 1.29 is 0 Å². The molecule has 1 heterocycles. The van der Waals surface area contributed by atoms with E-state index in [1.54, 1.807) is 0 Å². The monoisotopic (exact) mass is 283 g/mol. The Labute approximate surface area is 103 Å². The molecule has 0 radical (unpaired) electrons. The number of fused-ring (bicyclic) bond motifs is 1. The Morgan fingerprint density at radius 2 is 2.13 bits per heavy atom. The molecule has 0 aliphatic rings. The molecular weight excluding hydrogens is 273 g/mol. The fraction of sp³-hybridized carbons (Fsp3) is 0.250. The van der Waals surface area contributed by atoms with Crippen LogP contribution in [0.5, 0.6) is 0 Å². The largest absolute Gasteiger partial charge is 0.252 e. The second kappa shape index (κ2) is 4.11. The van der Waals surface area contributed by atoms with Gasteiger partial charge in [-0.2, -0.15) is 0 Å². The first-order valence-electron chi connectivity index (χ1n) is 4.87. The molecule has 1 aromatic carbocycles. The van der Waals surface area contributed by atoms with Gasteiger partial charge >= 0.3 is 0 Å². The lowest BCUT2D eigenvalue weighted by molar-refractivity contribution is 1.05.